The van der Waals surface area contributed by atoms with Gasteiger partial charge in [-0.15, -0.1) is 12.4 Å². The summed E-state index contributed by atoms with van der Waals surface area (Å²) in [6, 6.07) is 15.6. The van der Waals surface area contributed by atoms with Crippen LogP contribution in [0.2, 0.25) is 0 Å². The molecule has 0 bridgehead atoms. The molecule has 0 saturated heterocycles. The third-order valence-electron chi connectivity index (χ3n) is 4.38. The fraction of sp³-hybridized carbons (Fsp3) is 0.435. The second-order valence-electron chi connectivity index (χ2n) is 7.21. The highest BCUT2D eigenvalue weighted by Crippen LogP contribution is 2.18. The Morgan fingerprint density at radius 2 is 1.33 bits per heavy atom. The first kappa shape index (κ1) is 26.0. The molecule has 2 rings (SSSR count). The molecule has 0 aliphatic rings. The van der Waals surface area contributed by atoms with E-state index in [0.29, 0.717) is 24.2 Å². The van der Waals surface area contributed by atoms with E-state index >= 15 is 0 Å². The van der Waals surface area contributed by atoms with Gasteiger partial charge in [-0.2, -0.15) is 0 Å². The van der Waals surface area contributed by atoms with E-state index < -0.39 is 0 Å². The molecule has 0 radical (unpaired) electrons. The fourth-order valence-corrected chi connectivity index (χ4v) is 2.89. The summed E-state index contributed by atoms with van der Waals surface area (Å²) in [7, 11) is 0. The van der Waals surface area contributed by atoms with Gasteiger partial charge in [0.05, 0.1) is 6.61 Å². The average Bonchev–Trinajstić information content (AvgIpc) is 2.72. The van der Waals surface area contributed by atoms with Crippen LogP contribution >= 0.6 is 24.6 Å². The van der Waals surface area contributed by atoms with Crippen molar-refractivity contribution in [3.05, 3.63) is 48.5 Å². The highest BCUT2D eigenvalue weighted by molar-refractivity contribution is 7.80. The molecular weight excluding hydrogens is 418 g/mol. The Bertz CT molecular complexity index is 735. The van der Waals surface area contributed by atoms with E-state index in [1.165, 1.54) is 0 Å². The lowest BCUT2D eigenvalue weighted by Crippen LogP contribution is -2.27. The lowest BCUT2D eigenvalue weighted by atomic mass is 10.2. The van der Waals surface area contributed by atoms with E-state index in [2.05, 4.69) is 43.2 Å². The Kier molecular flexibility index (Phi) is 12.2. The predicted molar refractivity (Wildman–Crippen MR) is 134 cm³/mol. The minimum atomic E-state index is 0. The Labute approximate surface area is 192 Å². The molecule has 0 amide bonds. The lowest BCUT2D eigenvalue weighted by molar-refractivity contribution is 0.223. The summed E-state index contributed by atoms with van der Waals surface area (Å²) in [4.78, 5) is 2.34. The van der Waals surface area contributed by atoms with Crippen LogP contribution in [0, 0.1) is 5.92 Å². The number of likely N-dealkylation sites (N-methyl/N-ethyl adjacent to an activating group) is 1. The van der Waals surface area contributed by atoms with E-state index in [1.807, 2.05) is 48.5 Å². The Balaban J connectivity index is 0.00000450. The maximum atomic E-state index is 5.81. The van der Waals surface area contributed by atoms with Crippen LogP contribution in [0.5, 0.6) is 11.5 Å². The summed E-state index contributed by atoms with van der Waals surface area (Å²) in [6.07, 6.45) is 0. The summed E-state index contributed by atoms with van der Waals surface area (Å²) in [5.41, 5.74) is 1.83. The molecule has 7 heteroatoms. The fourth-order valence-electron chi connectivity index (χ4n) is 2.66. The maximum Gasteiger partial charge on any atom is 0.175 e. The van der Waals surface area contributed by atoms with Crippen molar-refractivity contribution in [3.8, 4) is 11.5 Å². The van der Waals surface area contributed by atoms with Gasteiger partial charge in [0, 0.05) is 17.9 Å². The van der Waals surface area contributed by atoms with Gasteiger partial charge in [0.1, 0.15) is 18.1 Å². The van der Waals surface area contributed by atoms with Gasteiger partial charge >= 0.3 is 0 Å². The van der Waals surface area contributed by atoms with Gasteiger partial charge in [-0.05, 0) is 79.8 Å². The second-order valence-corrected chi connectivity index (χ2v) is 7.62. The number of thiocarbonyl (C=S) groups is 1. The third-order valence-corrected chi connectivity index (χ3v) is 4.58. The summed E-state index contributed by atoms with van der Waals surface area (Å²) >= 11 is 5.40. The first-order valence-electron chi connectivity index (χ1n) is 10.3. The van der Waals surface area contributed by atoms with E-state index in [9.17, 15) is 0 Å². The predicted octanol–water partition coefficient (Wildman–Crippen LogP) is 5.67. The second kappa shape index (κ2) is 14.1. The Morgan fingerprint density at radius 3 is 1.77 bits per heavy atom. The lowest BCUT2D eigenvalue weighted by Gasteiger charge is -2.18. The van der Waals surface area contributed by atoms with Gasteiger partial charge in [0.2, 0.25) is 0 Å². The molecule has 2 aromatic carbocycles. The minimum absolute atomic E-state index is 0. The Morgan fingerprint density at radius 1 is 0.867 bits per heavy atom. The van der Waals surface area contributed by atoms with Gasteiger partial charge in [-0.3, -0.25) is 0 Å². The number of nitrogens with zero attached hydrogens (tertiary/aromatic N) is 1. The first-order valence-corrected chi connectivity index (χ1v) is 10.7. The summed E-state index contributed by atoms with van der Waals surface area (Å²) in [6.45, 7) is 13.0. The zero-order valence-electron chi connectivity index (χ0n) is 18.3. The number of anilines is 2. The van der Waals surface area contributed by atoms with E-state index in [0.717, 1.165) is 42.5 Å². The number of hydrogen-bond acceptors (Lipinski definition) is 4. The number of benzene rings is 2. The quantitative estimate of drug-likeness (QED) is 0.429. The molecule has 0 saturated carbocycles. The zero-order chi connectivity index (χ0) is 21.1. The van der Waals surface area contributed by atoms with Crippen LogP contribution in [0.4, 0.5) is 11.4 Å². The average molecular weight is 452 g/mol. The molecule has 5 nitrogen and oxygen atoms in total. The van der Waals surface area contributed by atoms with Crippen molar-refractivity contribution in [2.75, 3.05) is 43.5 Å². The molecular formula is C23H34ClN3O2S. The van der Waals surface area contributed by atoms with Crippen LogP contribution in [0.3, 0.4) is 0 Å². The molecule has 0 heterocycles. The van der Waals surface area contributed by atoms with Crippen LogP contribution in [0.25, 0.3) is 0 Å². The molecule has 2 aromatic rings. The molecule has 0 atom stereocenters. The molecule has 2 N–H and O–H groups in total. The van der Waals surface area contributed by atoms with Crippen molar-refractivity contribution >= 4 is 41.1 Å². The molecule has 166 valence electrons. The van der Waals surface area contributed by atoms with Crippen molar-refractivity contribution in [1.29, 1.82) is 0 Å². The van der Waals surface area contributed by atoms with Crippen molar-refractivity contribution in [1.82, 2.24) is 4.90 Å². The van der Waals surface area contributed by atoms with Crippen LogP contribution in [0.15, 0.2) is 48.5 Å². The van der Waals surface area contributed by atoms with Crippen molar-refractivity contribution < 1.29 is 9.47 Å². The molecule has 0 fully saturated rings. The van der Waals surface area contributed by atoms with Crippen molar-refractivity contribution in [3.63, 3.8) is 0 Å². The summed E-state index contributed by atoms with van der Waals surface area (Å²) < 4.78 is 11.5. The summed E-state index contributed by atoms with van der Waals surface area (Å²) in [5.74, 6) is 2.22. The van der Waals surface area contributed by atoms with Gasteiger partial charge in [-0.25, -0.2) is 0 Å². The first-order chi connectivity index (χ1) is 14.0. The van der Waals surface area contributed by atoms with E-state index in [1.54, 1.807) is 0 Å². The van der Waals surface area contributed by atoms with Gasteiger partial charge in [-0.1, -0.05) is 27.7 Å². The van der Waals surface area contributed by atoms with Crippen molar-refractivity contribution in [2.24, 2.45) is 5.92 Å². The van der Waals surface area contributed by atoms with Crippen LogP contribution in [0.1, 0.15) is 27.7 Å². The topological polar surface area (TPSA) is 45.8 Å². The standard InChI is InChI=1S/C23H33N3O2S.ClH/c1-5-26(6-2)15-16-27-21-11-7-19(8-12-21)24-23(29)25-20-9-13-22(14-10-20)28-17-18(3)4;/h7-14,18H,5-6,15-17H2,1-4H3,(H2,24,25,29);1H. The molecule has 0 unspecified atom stereocenters. The van der Waals surface area contributed by atoms with Crippen LogP contribution < -0.4 is 20.1 Å². The number of nitrogens with one attached hydrogen (secondary N) is 2. The zero-order valence-corrected chi connectivity index (χ0v) is 19.9. The number of halogens is 1. The van der Waals surface area contributed by atoms with Crippen molar-refractivity contribution in [2.45, 2.75) is 27.7 Å². The van der Waals surface area contributed by atoms with Gasteiger partial charge in [0.25, 0.3) is 0 Å². The molecule has 0 aliphatic carbocycles. The summed E-state index contributed by atoms with van der Waals surface area (Å²) in [5, 5.41) is 6.91. The molecule has 0 aromatic heterocycles. The number of rotatable bonds is 11. The number of hydrogen-bond donors (Lipinski definition) is 2. The monoisotopic (exact) mass is 451 g/mol. The SMILES string of the molecule is CCN(CC)CCOc1ccc(NC(=S)Nc2ccc(OCC(C)C)cc2)cc1.Cl. The highest BCUT2D eigenvalue weighted by atomic mass is 35.5. The van der Waals surface area contributed by atoms with Gasteiger partial charge in [0.15, 0.2) is 5.11 Å². The normalized spacial score (nSPS) is 10.5. The van der Waals surface area contributed by atoms with Crippen LogP contribution in [-0.4, -0.2) is 42.9 Å². The molecule has 30 heavy (non-hydrogen) atoms. The van der Waals surface area contributed by atoms with Crippen LogP contribution in [-0.2, 0) is 0 Å². The molecule has 0 aliphatic heterocycles. The van der Waals surface area contributed by atoms with Gasteiger partial charge < -0.3 is 25.0 Å². The highest BCUT2D eigenvalue weighted by Gasteiger charge is 2.03. The maximum absolute atomic E-state index is 5.81. The van der Waals surface area contributed by atoms with E-state index in [4.69, 9.17) is 21.7 Å². The largest absolute Gasteiger partial charge is 0.493 e. The number of ether oxygens (including phenoxy) is 2. The third kappa shape index (κ3) is 9.65. The molecule has 0 spiro atoms. The van der Waals surface area contributed by atoms with E-state index in [-0.39, 0.29) is 12.4 Å². The smallest absolute Gasteiger partial charge is 0.175 e. The Hall–Kier alpha value is -2.02. The minimum Gasteiger partial charge on any atom is -0.493 e.